The molecule has 0 saturated heterocycles. The molecule has 0 amide bonds. The Morgan fingerprint density at radius 3 is 2.86 bits per heavy atom. The first-order valence-electron chi connectivity index (χ1n) is 7.54. The Balaban J connectivity index is 1.64. The molecule has 1 aliphatic carbocycles. The minimum absolute atomic E-state index is 0.360. The Kier molecular flexibility index (Phi) is 5.90. The van der Waals surface area contributed by atoms with Gasteiger partial charge < -0.3 is 15.8 Å². The molecule has 1 aliphatic rings. The van der Waals surface area contributed by atoms with Crippen LogP contribution in [0.4, 0.5) is 5.95 Å². The largest absolute Gasteiger partial charge is 0.378 e. The highest BCUT2D eigenvalue weighted by atomic mass is 16.5. The predicted molar refractivity (Wildman–Crippen MR) is 80.8 cm³/mol. The van der Waals surface area contributed by atoms with Gasteiger partial charge in [0, 0.05) is 24.9 Å². The lowest BCUT2D eigenvalue weighted by molar-refractivity contribution is 0.0251. The highest BCUT2D eigenvalue weighted by molar-refractivity contribution is 5.32. The van der Waals surface area contributed by atoms with E-state index >= 15 is 0 Å². The number of anilines is 1. The molecule has 6 nitrogen and oxygen atoms in total. The molecule has 0 bridgehead atoms. The smallest absolute Gasteiger partial charge is 0.224 e. The summed E-state index contributed by atoms with van der Waals surface area (Å²) in [5, 5.41) is 12.0. The average Bonchev–Trinajstić information content (AvgIpc) is 2.48. The van der Waals surface area contributed by atoms with Crippen molar-refractivity contribution in [3.63, 3.8) is 0 Å². The van der Waals surface area contributed by atoms with Crippen LogP contribution >= 0.6 is 0 Å². The first kappa shape index (κ1) is 15.7. The molecule has 0 spiro atoms. The van der Waals surface area contributed by atoms with Crippen molar-refractivity contribution >= 4 is 5.95 Å². The molecule has 1 heterocycles. The third kappa shape index (κ3) is 5.29. The van der Waals surface area contributed by atoms with Crippen molar-refractivity contribution in [1.82, 2.24) is 9.97 Å². The molecule has 0 atom stereocenters. The number of nitriles is 1. The van der Waals surface area contributed by atoms with Crippen LogP contribution in [0.25, 0.3) is 0 Å². The topological polar surface area (TPSA) is 96.8 Å². The maximum absolute atomic E-state index is 8.86. The summed E-state index contributed by atoms with van der Waals surface area (Å²) in [6.45, 7) is 3.31. The van der Waals surface area contributed by atoms with Crippen molar-refractivity contribution in [1.29, 1.82) is 5.26 Å². The Hall–Kier alpha value is -1.71. The standard InChI is InChI=1S/C15H23N5O/c1-11-9-13(10-16)20-15(19-11)18-7-2-8-21-14-5-3-12(17)4-6-14/h9,12,14H,2-8,17H2,1H3,(H,18,19,20). The van der Waals surface area contributed by atoms with E-state index in [0.29, 0.717) is 23.8 Å². The summed E-state index contributed by atoms with van der Waals surface area (Å²) in [4.78, 5) is 8.36. The molecule has 0 radical (unpaired) electrons. The van der Waals surface area contributed by atoms with E-state index in [1.165, 1.54) is 0 Å². The van der Waals surface area contributed by atoms with Crippen LogP contribution in [0, 0.1) is 18.3 Å². The van der Waals surface area contributed by atoms with Crippen LogP contribution in [0.1, 0.15) is 43.5 Å². The van der Waals surface area contributed by atoms with Crippen LogP contribution in [0.3, 0.4) is 0 Å². The van der Waals surface area contributed by atoms with Crippen LogP contribution < -0.4 is 11.1 Å². The lowest BCUT2D eigenvalue weighted by atomic mass is 9.94. The third-order valence-corrected chi connectivity index (χ3v) is 3.65. The van der Waals surface area contributed by atoms with Crippen LogP contribution in [0.2, 0.25) is 0 Å². The molecule has 0 unspecified atom stereocenters. The molecule has 1 saturated carbocycles. The van der Waals surface area contributed by atoms with Gasteiger partial charge in [-0.05, 0) is 45.1 Å². The fraction of sp³-hybridized carbons (Fsp3) is 0.667. The van der Waals surface area contributed by atoms with Gasteiger partial charge in [0.2, 0.25) is 5.95 Å². The number of aromatic nitrogens is 2. The van der Waals surface area contributed by atoms with Crippen molar-refractivity contribution in [3.8, 4) is 6.07 Å². The molecule has 2 rings (SSSR count). The Bertz CT molecular complexity index is 491. The molecule has 1 aromatic heterocycles. The third-order valence-electron chi connectivity index (χ3n) is 3.65. The fourth-order valence-corrected chi connectivity index (χ4v) is 2.48. The van der Waals surface area contributed by atoms with E-state index in [-0.39, 0.29) is 0 Å². The maximum Gasteiger partial charge on any atom is 0.224 e. The summed E-state index contributed by atoms with van der Waals surface area (Å²) in [5.41, 5.74) is 7.05. The number of ether oxygens (including phenoxy) is 1. The van der Waals surface area contributed by atoms with Gasteiger partial charge in [0.15, 0.2) is 0 Å². The summed E-state index contributed by atoms with van der Waals surface area (Å²) in [6.07, 6.45) is 5.53. The molecule has 114 valence electrons. The van der Waals surface area contributed by atoms with Gasteiger partial charge in [-0.25, -0.2) is 9.97 Å². The van der Waals surface area contributed by atoms with E-state index in [9.17, 15) is 0 Å². The molecule has 0 aliphatic heterocycles. The van der Waals surface area contributed by atoms with Crippen LogP contribution in [-0.4, -0.2) is 35.3 Å². The number of rotatable bonds is 6. The van der Waals surface area contributed by atoms with E-state index in [4.69, 9.17) is 15.7 Å². The van der Waals surface area contributed by atoms with Gasteiger partial charge in [-0.3, -0.25) is 0 Å². The maximum atomic E-state index is 8.86. The van der Waals surface area contributed by atoms with Crippen LogP contribution in [0.5, 0.6) is 0 Å². The second kappa shape index (κ2) is 7.91. The summed E-state index contributed by atoms with van der Waals surface area (Å²) in [6, 6.07) is 4.06. The van der Waals surface area contributed by atoms with Gasteiger partial charge in [0.1, 0.15) is 11.8 Å². The molecular weight excluding hydrogens is 266 g/mol. The summed E-state index contributed by atoms with van der Waals surface area (Å²) < 4.78 is 5.85. The highest BCUT2D eigenvalue weighted by Crippen LogP contribution is 2.19. The SMILES string of the molecule is Cc1cc(C#N)nc(NCCCOC2CCC(N)CC2)n1. The first-order valence-corrected chi connectivity index (χ1v) is 7.54. The van der Waals surface area contributed by atoms with Gasteiger partial charge >= 0.3 is 0 Å². The van der Waals surface area contributed by atoms with E-state index in [1.807, 2.05) is 13.0 Å². The van der Waals surface area contributed by atoms with Gasteiger partial charge in [0.25, 0.3) is 0 Å². The number of aryl methyl sites for hydroxylation is 1. The monoisotopic (exact) mass is 289 g/mol. The second-order valence-electron chi connectivity index (χ2n) is 5.52. The molecule has 1 aromatic rings. The predicted octanol–water partition coefficient (Wildman–Crippen LogP) is 1.75. The Morgan fingerprint density at radius 1 is 1.38 bits per heavy atom. The average molecular weight is 289 g/mol. The minimum atomic E-state index is 0.360. The lowest BCUT2D eigenvalue weighted by Gasteiger charge is -2.26. The van der Waals surface area contributed by atoms with Crippen molar-refractivity contribution < 1.29 is 4.74 Å². The molecule has 3 N–H and O–H groups in total. The van der Waals surface area contributed by atoms with Gasteiger partial charge in [-0.2, -0.15) is 5.26 Å². The normalized spacial score (nSPS) is 21.8. The molecule has 1 fully saturated rings. The number of hydrogen-bond donors (Lipinski definition) is 2. The number of nitrogens with one attached hydrogen (secondary N) is 1. The number of nitrogens with zero attached hydrogens (tertiary/aromatic N) is 3. The van der Waals surface area contributed by atoms with Crippen molar-refractivity contribution in [2.45, 2.75) is 51.2 Å². The summed E-state index contributed by atoms with van der Waals surface area (Å²) in [7, 11) is 0. The van der Waals surface area contributed by atoms with E-state index in [1.54, 1.807) is 6.07 Å². The molecule has 21 heavy (non-hydrogen) atoms. The Labute approximate surface area is 125 Å². The zero-order valence-corrected chi connectivity index (χ0v) is 12.5. The van der Waals surface area contributed by atoms with Crippen LogP contribution in [-0.2, 0) is 4.74 Å². The second-order valence-corrected chi connectivity index (χ2v) is 5.52. The fourth-order valence-electron chi connectivity index (χ4n) is 2.48. The van der Waals surface area contributed by atoms with E-state index < -0.39 is 0 Å². The zero-order chi connectivity index (χ0) is 15.1. The van der Waals surface area contributed by atoms with E-state index in [2.05, 4.69) is 15.3 Å². The minimum Gasteiger partial charge on any atom is -0.378 e. The molecule has 0 aromatic carbocycles. The summed E-state index contributed by atoms with van der Waals surface area (Å²) in [5.74, 6) is 0.509. The van der Waals surface area contributed by atoms with Crippen molar-refractivity contribution in [2.24, 2.45) is 5.73 Å². The highest BCUT2D eigenvalue weighted by Gasteiger charge is 2.18. The van der Waals surface area contributed by atoms with Crippen molar-refractivity contribution in [2.75, 3.05) is 18.5 Å². The summed E-state index contributed by atoms with van der Waals surface area (Å²) >= 11 is 0. The van der Waals surface area contributed by atoms with Gasteiger partial charge in [0.05, 0.1) is 6.10 Å². The molecule has 6 heteroatoms. The quantitative estimate of drug-likeness (QED) is 0.774. The van der Waals surface area contributed by atoms with Crippen molar-refractivity contribution in [3.05, 3.63) is 17.5 Å². The Morgan fingerprint density at radius 2 is 2.14 bits per heavy atom. The van der Waals surface area contributed by atoms with Crippen LogP contribution in [0.15, 0.2) is 6.07 Å². The van der Waals surface area contributed by atoms with Gasteiger partial charge in [-0.1, -0.05) is 0 Å². The zero-order valence-electron chi connectivity index (χ0n) is 12.5. The van der Waals surface area contributed by atoms with E-state index in [0.717, 1.165) is 50.9 Å². The molecular formula is C15H23N5O. The van der Waals surface area contributed by atoms with Gasteiger partial charge in [-0.15, -0.1) is 0 Å². The lowest BCUT2D eigenvalue weighted by Crippen LogP contribution is -2.30. The first-order chi connectivity index (χ1) is 10.2. The number of nitrogens with two attached hydrogens (primary N) is 1. The number of hydrogen-bond acceptors (Lipinski definition) is 6.